The van der Waals surface area contributed by atoms with Crippen LogP contribution < -0.4 is 0 Å². The summed E-state index contributed by atoms with van der Waals surface area (Å²) in [6.45, 7) is 0.465. The van der Waals surface area contributed by atoms with E-state index in [4.69, 9.17) is 23.2 Å². The molecular weight excluding hydrogens is 438 g/mol. The number of carbonyl (C=O) groups is 1. The standard InChI is InChI=1S/C20H21Cl2FN2O3S/c1-24(12-14-5-2-3-7-18(14)23)20(26)15-6-4-10-25(13-15)29(27,28)19-11-16(21)8-9-17(19)22/h2-3,5,7-9,11,15H,4,6,10,12-13H2,1H3. The van der Waals surface area contributed by atoms with E-state index >= 15 is 0 Å². The monoisotopic (exact) mass is 458 g/mol. The van der Waals surface area contributed by atoms with Crippen molar-refractivity contribution in [2.75, 3.05) is 20.1 Å². The number of nitrogens with zero attached hydrogens (tertiary/aromatic N) is 2. The summed E-state index contributed by atoms with van der Waals surface area (Å²) < 4.78 is 41.2. The Kier molecular flexibility index (Phi) is 6.83. The molecule has 0 bridgehead atoms. The van der Waals surface area contributed by atoms with E-state index < -0.39 is 15.9 Å². The number of hydrogen-bond acceptors (Lipinski definition) is 3. The van der Waals surface area contributed by atoms with Crippen molar-refractivity contribution in [3.05, 3.63) is 63.9 Å². The molecule has 0 spiro atoms. The average Bonchev–Trinajstić information content (AvgIpc) is 2.71. The third-order valence-electron chi connectivity index (χ3n) is 4.99. The van der Waals surface area contributed by atoms with Crippen molar-refractivity contribution in [2.45, 2.75) is 24.3 Å². The van der Waals surface area contributed by atoms with Gasteiger partial charge in [-0.3, -0.25) is 4.79 Å². The number of hydrogen-bond donors (Lipinski definition) is 0. The first kappa shape index (κ1) is 22.0. The summed E-state index contributed by atoms with van der Waals surface area (Å²) >= 11 is 12.0. The van der Waals surface area contributed by atoms with Crippen molar-refractivity contribution in [3.63, 3.8) is 0 Å². The minimum absolute atomic E-state index is 0.0472. The molecule has 1 heterocycles. The van der Waals surface area contributed by atoms with Crippen LogP contribution in [0.2, 0.25) is 10.0 Å². The predicted molar refractivity (Wildman–Crippen MR) is 111 cm³/mol. The summed E-state index contributed by atoms with van der Waals surface area (Å²) in [4.78, 5) is 14.2. The molecule has 1 unspecified atom stereocenters. The molecule has 1 atom stereocenters. The third kappa shape index (κ3) is 4.91. The summed E-state index contributed by atoms with van der Waals surface area (Å²) in [6, 6.07) is 10.5. The minimum atomic E-state index is -3.89. The van der Waals surface area contributed by atoms with Crippen molar-refractivity contribution < 1.29 is 17.6 Å². The number of carbonyl (C=O) groups excluding carboxylic acids is 1. The van der Waals surface area contributed by atoms with E-state index in [0.717, 1.165) is 0 Å². The van der Waals surface area contributed by atoms with E-state index in [9.17, 15) is 17.6 Å². The lowest BCUT2D eigenvalue weighted by atomic mass is 9.98. The van der Waals surface area contributed by atoms with Gasteiger partial charge >= 0.3 is 0 Å². The zero-order valence-corrected chi connectivity index (χ0v) is 18.1. The Balaban J connectivity index is 1.75. The van der Waals surface area contributed by atoms with Crippen LogP contribution in [-0.4, -0.2) is 43.7 Å². The van der Waals surface area contributed by atoms with Gasteiger partial charge in [-0.2, -0.15) is 4.31 Å². The highest BCUT2D eigenvalue weighted by Crippen LogP contribution is 2.31. The second kappa shape index (κ2) is 9.00. The molecular formula is C20H21Cl2FN2O3S. The van der Waals surface area contributed by atoms with Crippen LogP contribution in [0.3, 0.4) is 0 Å². The highest BCUT2D eigenvalue weighted by molar-refractivity contribution is 7.89. The second-order valence-corrected chi connectivity index (χ2v) is 9.81. The van der Waals surface area contributed by atoms with Gasteiger partial charge in [0.15, 0.2) is 0 Å². The van der Waals surface area contributed by atoms with Gasteiger partial charge < -0.3 is 4.90 Å². The van der Waals surface area contributed by atoms with E-state index in [-0.39, 0.29) is 39.8 Å². The molecule has 1 amide bonds. The van der Waals surface area contributed by atoms with Crippen LogP contribution in [0.4, 0.5) is 4.39 Å². The van der Waals surface area contributed by atoms with Crippen molar-refractivity contribution in [3.8, 4) is 0 Å². The maximum atomic E-state index is 13.9. The predicted octanol–water partition coefficient (Wildman–Crippen LogP) is 4.19. The quantitative estimate of drug-likeness (QED) is 0.674. The van der Waals surface area contributed by atoms with Gasteiger partial charge in [-0.25, -0.2) is 12.8 Å². The molecule has 5 nitrogen and oxygen atoms in total. The molecule has 9 heteroatoms. The molecule has 0 radical (unpaired) electrons. The van der Waals surface area contributed by atoms with Crippen molar-refractivity contribution >= 4 is 39.1 Å². The summed E-state index contributed by atoms with van der Waals surface area (Å²) in [7, 11) is -2.29. The molecule has 2 aromatic carbocycles. The van der Waals surface area contributed by atoms with Gasteiger partial charge in [-0.15, -0.1) is 0 Å². The van der Waals surface area contributed by atoms with E-state index in [0.29, 0.717) is 24.9 Å². The maximum Gasteiger partial charge on any atom is 0.244 e. The number of piperidine rings is 1. The van der Waals surface area contributed by atoms with Crippen LogP contribution in [-0.2, 0) is 21.4 Å². The summed E-state index contributed by atoms with van der Waals surface area (Å²) in [5, 5.41) is 0.349. The number of sulfonamides is 1. The lowest BCUT2D eigenvalue weighted by molar-refractivity contribution is -0.135. The Morgan fingerprint density at radius 3 is 2.69 bits per heavy atom. The Labute approximate surface area is 180 Å². The van der Waals surface area contributed by atoms with Gasteiger partial charge in [0.25, 0.3) is 0 Å². The van der Waals surface area contributed by atoms with E-state index in [1.54, 1.807) is 25.2 Å². The first-order valence-electron chi connectivity index (χ1n) is 9.13. The molecule has 0 aliphatic carbocycles. The van der Waals surface area contributed by atoms with Gasteiger partial charge in [0.05, 0.1) is 10.9 Å². The molecule has 1 saturated heterocycles. The van der Waals surface area contributed by atoms with Gasteiger partial charge in [0.1, 0.15) is 10.7 Å². The highest BCUT2D eigenvalue weighted by Gasteiger charge is 2.35. The molecule has 156 valence electrons. The molecule has 3 rings (SSSR count). The number of rotatable bonds is 5. The zero-order chi connectivity index (χ0) is 21.2. The van der Waals surface area contributed by atoms with Gasteiger partial charge in [-0.1, -0.05) is 41.4 Å². The van der Waals surface area contributed by atoms with Gasteiger partial charge in [-0.05, 0) is 37.1 Å². The molecule has 29 heavy (non-hydrogen) atoms. The SMILES string of the molecule is CN(Cc1ccccc1F)C(=O)C1CCCN(S(=O)(=O)c2cc(Cl)ccc2Cl)C1. The Hall–Kier alpha value is -1.67. The van der Waals surface area contributed by atoms with Crippen LogP contribution in [0.25, 0.3) is 0 Å². The van der Waals surface area contributed by atoms with E-state index in [2.05, 4.69) is 0 Å². The molecule has 0 saturated carbocycles. The molecule has 1 aliphatic rings. The zero-order valence-electron chi connectivity index (χ0n) is 15.8. The van der Waals surface area contributed by atoms with Crippen LogP contribution >= 0.6 is 23.2 Å². The topological polar surface area (TPSA) is 57.7 Å². The van der Waals surface area contributed by atoms with Crippen LogP contribution in [0.5, 0.6) is 0 Å². The average molecular weight is 459 g/mol. The van der Waals surface area contributed by atoms with Gasteiger partial charge in [0, 0.05) is 37.3 Å². The number of amides is 1. The van der Waals surface area contributed by atoms with Crippen molar-refractivity contribution in [2.24, 2.45) is 5.92 Å². The molecule has 1 aliphatic heterocycles. The largest absolute Gasteiger partial charge is 0.341 e. The molecule has 0 N–H and O–H groups in total. The third-order valence-corrected chi connectivity index (χ3v) is 7.57. The Morgan fingerprint density at radius 2 is 1.97 bits per heavy atom. The normalized spacial score (nSPS) is 17.9. The Bertz CT molecular complexity index is 1020. The van der Waals surface area contributed by atoms with Crippen molar-refractivity contribution in [1.29, 1.82) is 0 Å². The summed E-state index contributed by atoms with van der Waals surface area (Å²) in [5.41, 5.74) is 0.411. The Morgan fingerprint density at radius 1 is 1.24 bits per heavy atom. The van der Waals surface area contributed by atoms with E-state index in [1.165, 1.54) is 33.5 Å². The lowest BCUT2D eigenvalue weighted by Gasteiger charge is -2.33. The fourth-order valence-electron chi connectivity index (χ4n) is 3.45. The molecule has 0 aromatic heterocycles. The smallest absolute Gasteiger partial charge is 0.244 e. The minimum Gasteiger partial charge on any atom is -0.341 e. The number of halogens is 3. The van der Waals surface area contributed by atoms with Crippen LogP contribution in [0.1, 0.15) is 18.4 Å². The van der Waals surface area contributed by atoms with E-state index in [1.807, 2.05) is 0 Å². The number of benzene rings is 2. The van der Waals surface area contributed by atoms with Crippen molar-refractivity contribution in [1.82, 2.24) is 9.21 Å². The lowest BCUT2D eigenvalue weighted by Crippen LogP contribution is -2.45. The first-order valence-corrected chi connectivity index (χ1v) is 11.3. The second-order valence-electron chi connectivity index (χ2n) is 7.06. The van der Waals surface area contributed by atoms with Crippen LogP contribution in [0.15, 0.2) is 47.4 Å². The summed E-state index contributed by atoms with van der Waals surface area (Å²) in [5.74, 6) is -1.10. The summed E-state index contributed by atoms with van der Waals surface area (Å²) in [6.07, 6.45) is 1.11. The first-order chi connectivity index (χ1) is 13.7. The fourth-order valence-corrected chi connectivity index (χ4v) is 5.71. The van der Waals surface area contributed by atoms with Gasteiger partial charge in [0.2, 0.25) is 15.9 Å². The highest BCUT2D eigenvalue weighted by atomic mass is 35.5. The fraction of sp³-hybridized carbons (Fsp3) is 0.350. The van der Waals surface area contributed by atoms with Crippen LogP contribution in [0, 0.1) is 11.7 Å². The molecule has 2 aromatic rings. The maximum absolute atomic E-state index is 13.9. The molecule has 1 fully saturated rings.